The van der Waals surface area contributed by atoms with E-state index in [2.05, 4.69) is 38.5 Å². The number of pyridine rings is 1. The van der Waals surface area contributed by atoms with Gasteiger partial charge in [0.25, 0.3) is 5.91 Å². The number of hydrogen-bond acceptors (Lipinski definition) is 7. The summed E-state index contributed by atoms with van der Waals surface area (Å²) in [7, 11) is 0. The average molecular weight is 470 g/mol. The van der Waals surface area contributed by atoms with Crippen molar-refractivity contribution in [3.63, 3.8) is 0 Å². The Balaban J connectivity index is 1.49. The lowest BCUT2D eigenvalue weighted by Crippen LogP contribution is -2.13. The number of anilines is 2. The average Bonchev–Trinajstić information content (AvgIpc) is 3.28. The molecule has 1 amide bonds. The molecule has 2 aromatic carbocycles. The number of nitrogens with zero attached hydrogens (tertiary/aromatic N) is 3. The van der Waals surface area contributed by atoms with Gasteiger partial charge in [-0.2, -0.15) is 0 Å². The Kier molecular flexibility index (Phi) is 5.81. The third-order valence-electron chi connectivity index (χ3n) is 5.71. The number of carbonyl (C=O) groups is 1. The van der Waals surface area contributed by atoms with E-state index in [-0.39, 0.29) is 5.91 Å². The second-order valence-electron chi connectivity index (χ2n) is 7.90. The maximum absolute atomic E-state index is 13.2. The number of carbonyl (C=O) groups excluding carboxylic acids is 1. The van der Waals surface area contributed by atoms with Crippen molar-refractivity contribution in [2.75, 3.05) is 17.7 Å². The molecule has 0 bridgehead atoms. The largest absolute Gasteiger partial charge is 0.494 e. The first-order valence-corrected chi connectivity index (χ1v) is 11.8. The number of hydrogen-bond donors (Lipinski definition) is 2. The number of benzene rings is 2. The number of amides is 1. The van der Waals surface area contributed by atoms with Crippen LogP contribution in [0.1, 0.15) is 34.1 Å². The summed E-state index contributed by atoms with van der Waals surface area (Å²) in [6.45, 7) is 4.59. The summed E-state index contributed by atoms with van der Waals surface area (Å²) in [4.78, 5) is 26.1. The quantitative estimate of drug-likeness (QED) is 0.346. The summed E-state index contributed by atoms with van der Waals surface area (Å²) in [6, 6.07) is 14.1. The zero-order chi connectivity index (χ0) is 23.7. The molecule has 5 rings (SSSR count). The Hall–Kier alpha value is -4.04. The number of aromatic nitrogens is 3. The van der Waals surface area contributed by atoms with Gasteiger partial charge in [-0.05, 0) is 43.2 Å². The van der Waals surface area contributed by atoms with Crippen LogP contribution >= 0.6 is 11.3 Å². The van der Waals surface area contributed by atoms with Crippen molar-refractivity contribution in [3.05, 3.63) is 82.8 Å². The van der Waals surface area contributed by atoms with Crippen LogP contribution in [0.15, 0.2) is 60.4 Å². The van der Waals surface area contributed by atoms with Crippen LogP contribution in [0.5, 0.6) is 5.75 Å². The Labute approximate surface area is 200 Å². The van der Waals surface area contributed by atoms with E-state index < -0.39 is 0 Å². The van der Waals surface area contributed by atoms with Crippen LogP contribution in [0, 0.1) is 6.92 Å². The lowest BCUT2D eigenvalue weighted by atomic mass is 10.00. The summed E-state index contributed by atoms with van der Waals surface area (Å²) < 4.78 is 6.25. The molecule has 0 aliphatic carbocycles. The van der Waals surface area contributed by atoms with Gasteiger partial charge in [0.15, 0.2) is 0 Å². The van der Waals surface area contributed by atoms with E-state index in [1.54, 1.807) is 11.6 Å². The molecule has 0 saturated heterocycles. The molecule has 170 valence electrons. The van der Waals surface area contributed by atoms with E-state index in [0.717, 1.165) is 39.0 Å². The molecule has 7 nitrogen and oxygen atoms in total. The predicted octanol–water partition coefficient (Wildman–Crippen LogP) is 5.37. The Bertz CT molecular complexity index is 1510. The van der Waals surface area contributed by atoms with Gasteiger partial charge in [-0.1, -0.05) is 24.3 Å². The second kappa shape index (κ2) is 9.07. The summed E-state index contributed by atoms with van der Waals surface area (Å²) in [6.07, 6.45) is 3.84. The van der Waals surface area contributed by atoms with E-state index >= 15 is 0 Å². The van der Waals surface area contributed by atoms with Gasteiger partial charge < -0.3 is 15.8 Å². The van der Waals surface area contributed by atoms with Crippen molar-refractivity contribution in [2.24, 2.45) is 0 Å². The van der Waals surface area contributed by atoms with Crippen molar-refractivity contribution in [3.8, 4) is 5.75 Å². The fourth-order valence-corrected chi connectivity index (χ4v) is 4.91. The van der Waals surface area contributed by atoms with E-state index in [1.807, 2.05) is 38.1 Å². The first-order valence-electron chi connectivity index (χ1n) is 10.9. The minimum atomic E-state index is -0.232. The van der Waals surface area contributed by atoms with Gasteiger partial charge in [0, 0.05) is 28.8 Å². The van der Waals surface area contributed by atoms with Crippen LogP contribution in [-0.2, 0) is 6.42 Å². The second-order valence-corrected chi connectivity index (χ2v) is 8.78. The highest BCUT2D eigenvalue weighted by molar-refractivity contribution is 7.18. The predicted molar refractivity (Wildman–Crippen MR) is 137 cm³/mol. The standard InChI is InChI=1S/C26H23N5O2S/c1-3-33-17-7-5-16(6-8-17)12-21-18-9-4-15(2)22(19(18)10-11-28-21)31-26(32)20-13-34-24-23(20)29-14-30-25(24)27/h4-11,13-14H,3,12H2,1-2H3,(H,31,32)(H2,27,29,30). The maximum atomic E-state index is 13.2. The molecular formula is C26H23N5O2S. The zero-order valence-corrected chi connectivity index (χ0v) is 19.6. The zero-order valence-electron chi connectivity index (χ0n) is 18.8. The number of nitrogens with two attached hydrogens (primary N) is 1. The van der Waals surface area contributed by atoms with E-state index in [0.29, 0.717) is 34.6 Å². The number of nitrogen functional groups attached to an aromatic ring is 1. The highest BCUT2D eigenvalue weighted by Crippen LogP contribution is 2.32. The molecule has 0 atom stereocenters. The topological polar surface area (TPSA) is 103 Å². The van der Waals surface area contributed by atoms with E-state index in [1.165, 1.54) is 17.7 Å². The molecule has 0 fully saturated rings. The minimum Gasteiger partial charge on any atom is -0.494 e. The summed E-state index contributed by atoms with van der Waals surface area (Å²) in [5.41, 5.74) is 10.8. The van der Waals surface area contributed by atoms with Crippen LogP contribution in [0.2, 0.25) is 0 Å². The van der Waals surface area contributed by atoms with E-state index in [4.69, 9.17) is 10.5 Å². The van der Waals surface area contributed by atoms with E-state index in [9.17, 15) is 4.79 Å². The van der Waals surface area contributed by atoms with Crippen molar-refractivity contribution < 1.29 is 9.53 Å². The van der Waals surface area contributed by atoms with Gasteiger partial charge in [0.05, 0.1) is 33.8 Å². The molecule has 0 aliphatic heterocycles. The molecule has 5 aromatic rings. The summed E-state index contributed by atoms with van der Waals surface area (Å²) in [5, 5.41) is 6.81. The number of rotatable bonds is 6. The first-order chi connectivity index (χ1) is 16.5. The van der Waals surface area contributed by atoms with Crippen LogP contribution < -0.4 is 15.8 Å². The molecule has 34 heavy (non-hydrogen) atoms. The SMILES string of the molecule is CCOc1ccc(Cc2nccc3c(NC(=O)c4csc5c(N)ncnc45)c(C)ccc23)cc1. The van der Waals surface area contributed by atoms with Crippen molar-refractivity contribution in [1.29, 1.82) is 0 Å². The molecule has 8 heteroatoms. The Morgan fingerprint density at radius 2 is 1.88 bits per heavy atom. The summed E-state index contributed by atoms with van der Waals surface area (Å²) in [5.74, 6) is 0.996. The monoisotopic (exact) mass is 469 g/mol. The van der Waals surface area contributed by atoms with Crippen LogP contribution in [0.25, 0.3) is 21.0 Å². The van der Waals surface area contributed by atoms with Crippen LogP contribution in [-0.4, -0.2) is 27.5 Å². The fourth-order valence-electron chi connectivity index (χ4n) is 4.01. The van der Waals surface area contributed by atoms with Crippen molar-refractivity contribution >= 4 is 49.7 Å². The lowest BCUT2D eigenvalue weighted by Gasteiger charge is -2.14. The highest BCUT2D eigenvalue weighted by atomic mass is 32.1. The number of ether oxygens (including phenoxy) is 1. The summed E-state index contributed by atoms with van der Waals surface area (Å²) >= 11 is 1.37. The fraction of sp³-hybridized carbons (Fsp3) is 0.154. The number of aryl methyl sites for hydroxylation is 1. The molecule has 3 aromatic heterocycles. The van der Waals surface area contributed by atoms with Crippen molar-refractivity contribution in [1.82, 2.24) is 15.0 Å². The van der Waals surface area contributed by atoms with Gasteiger partial charge in [-0.25, -0.2) is 9.97 Å². The van der Waals surface area contributed by atoms with Gasteiger partial charge in [0.1, 0.15) is 17.9 Å². The third kappa shape index (κ3) is 4.04. The van der Waals surface area contributed by atoms with Crippen LogP contribution in [0.4, 0.5) is 11.5 Å². The maximum Gasteiger partial charge on any atom is 0.258 e. The molecule has 0 aliphatic rings. The van der Waals surface area contributed by atoms with Gasteiger partial charge in [-0.3, -0.25) is 9.78 Å². The third-order valence-corrected chi connectivity index (χ3v) is 6.70. The normalized spacial score (nSPS) is 11.1. The molecule has 0 saturated carbocycles. The number of thiophene rings is 1. The molecule has 0 radical (unpaired) electrons. The van der Waals surface area contributed by atoms with Gasteiger partial charge in [-0.15, -0.1) is 11.3 Å². The lowest BCUT2D eigenvalue weighted by molar-refractivity contribution is 0.102. The minimum absolute atomic E-state index is 0.232. The molecule has 0 unspecified atom stereocenters. The molecule has 0 spiro atoms. The Morgan fingerprint density at radius 1 is 1.06 bits per heavy atom. The first kappa shape index (κ1) is 21.8. The smallest absolute Gasteiger partial charge is 0.258 e. The van der Waals surface area contributed by atoms with Gasteiger partial charge >= 0.3 is 0 Å². The number of fused-ring (bicyclic) bond motifs is 2. The Morgan fingerprint density at radius 3 is 2.68 bits per heavy atom. The number of nitrogens with one attached hydrogen (secondary N) is 1. The molecule has 3 N–H and O–H groups in total. The highest BCUT2D eigenvalue weighted by Gasteiger charge is 2.18. The van der Waals surface area contributed by atoms with Gasteiger partial charge in [0.2, 0.25) is 0 Å². The van der Waals surface area contributed by atoms with Crippen LogP contribution in [0.3, 0.4) is 0 Å². The van der Waals surface area contributed by atoms with Crippen molar-refractivity contribution in [2.45, 2.75) is 20.3 Å². The molecular weight excluding hydrogens is 446 g/mol. The molecule has 3 heterocycles.